The molecule has 5 heteroatoms. The summed E-state index contributed by atoms with van der Waals surface area (Å²) in [5, 5.41) is 13.9. The molecule has 2 N–H and O–H groups in total. The predicted molar refractivity (Wildman–Crippen MR) is 82.2 cm³/mol. The third-order valence-corrected chi connectivity index (χ3v) is 3.25. The van der Waals surface area contributed by atoms with E-state index in [2.05, 4.69) is 15.3 Å². The molecule has 0 spiro atoms. The summed E-state index contributed by atoms with van der Waals surface area (Å²) in [6, 6.07) is 11.0. The van der Waals surface area contributed by atoms with Gasteiger partial charge in [-0.3, -0.25) is 0 Å². The molecule has 0 aliphatic rings. The Morgan fingerprint density at radius 3 is 2.76 bits per heavy atom. The molecule has 1 heterocycles. The molecule has 5 nitrogen and oxygen atoms in total. The van der Waals surface area contributed by atoms with E-state index in [1.807, 2.05) is 37.3 Å². The van der Waals surface area contributed by atoms with Crippen LogP contribution in [0.15, 0.2) is 42.7 Å². The summed E-state index contributed by atoms with van der Waals surface area (Å²) in [7, 11) is 1.62. The van der Waals surface area contributed by atoms with E-state index >= 15 is 0 Å². The van der Waals surface area contributed by atoms with Crippen LogP contribution in [0, 0.1) is 6.92 Å². The summed E-state index contributed by atoms with van der Waals surface area (Å²) < 4.78 is 5.19. The fourth-order valence-electron chi connectivity index (χ4n) is 2.14. The Morgan fingerprint density at radius 2 is 1.95 bits per heavy atom. The minimum absolute atomic E-state index is 0.181. The van der Waals surface area contributed by atoms with Crippen LogP contribution in [0.25, 0.3) is 10.9 Å². The van der Waals surface area contributed by atoms with E-state index in [9.17, 15) is 5.11 Å². The Balaban J connectivity index is 2.06. The topological polar surface area (TPSA) is 67.3 Å². The molecule has 21 heavy (non-hydrogen) atoms. The second-order valence-electron chi connectivity index (χ2n) is 4.75. The Labute approximate surface area is 122 Å². The van der Waals surface area contributed by atoms with Gasteiger partial charge in [0.05, 0.1) is 18.3 Å². The first-order chi connectivity index (χ1) is 10.2. The maximum absolute atomic E-state index is 9.92. The number of phenolic OH excluding ortho intramolecular Hbond substituents is 1. The van der Waals surface area contributed by atoms with Crippen molar-refractivity contribution in [3.8, 4) is 11.5 Å². The molecule has 1 aromatic heterocycles. The first-order valence-electron chi connectivity index (χ1n) is 6.53. The molecule has 0 bridgehead atoms. The van der Waals surface area contributed by atoms with Crippen molar-refractivity contribution in [3.05, 3.63) is 48.3 Å². The maximum Gasteiger partial charge on any atom is 0.141 e. The van der Waals surface area contributed by atoms with Crippen molar-refractivity contribution in [1.29, 1.82) is 0 Å². The van der Waals surface area contributed by atoms with Gasteiger partial charge in [-0.2, -0.15) is 0 Å². The van der Waals surface area contributed by atoms with Gasteiger partial charge < -0.3 is 15.2 Å². The number of ether oxygens (including phenoxy) is 1. The van der Waals surface area contributed by atoms with Crippen molar-refractivity contribution in [2.75, 3.05) is 12.4 Å². The second-order valence-corrected chi connectivity index (χ2v) is 4.75. The van der Waals surface area contributed by atoms with Gasteiger partial charge in [-0.25, -0.2) is 9.97 Å². The van der Waals surface area contributed by atoms with Gasteiger partial charge in [0.2, 0.25) is 0 Å². The summed E-state index contributed by atoms with van der Waals surface area (Å²) in [5.74, 6) is 1.56. The van der Waals surface area contributed by atoms with Gasteiger partial charge in [-0.05, 0) is 36.8 Å². The van der Waals surface area contributed by atoms with Gasteiger partial charge in [0, 0.05) is 11.5 Å². The lowest BCUT2D eigenvalue weighted by Crippen LogP contribution is -1.97. The molecule has 0 aliphatic heterocycles. The standard InChI is InChI=1S/C16H15N3O2/c1-10-3-6-15(20)14(7-10)19-16-12-5-4-11(21-2)8-13(12)17-9-18-16/h3-9,20H,1-2H3,(H,17,18,19). The number of fused-ring (bicyclic) bond motifs is 1. The zero-order valence-corrected chi connectivity index (χ0v) is 11.8. The number of anilines is 2. The molecule has 0 amide bonds. The van der Waals surface area contributed by atoms with Gasteiger partial charge in [0.1, 0.15) is 23.6 Å². The average Bonchev–Trinajstić information content (AvgIpc) is 2.50. The number of hydrogen-bond donors (Lipinski definition) is 2. The van der Waals surface area contributed by atoms with E-state index in [0.717, 1.165) is 22.2 Å². The molecule has 3 aromatic rings. The summed E-state index contributed by atoms with van der Waals surface area (Å²) in [5.41, 5.74) is 2.44. The van der Waals surface area contributed by atoms with Crippen molar-refractivity contribution < 1.29 is 9.84 Å². The third-order valence-electron chi connectivity index (χ3n) is 3.25. The van der Waals surface area contributed by atoms with Crippen molar-refractivity contribution in [2.24, 2.45) is 0 Å². The number of aryl methyl sites for hydroxylation is 1. The molecule has 0 fully saturated rings. The van der Waals surface area contributed by atoms with E-state index < -0.39 is 0 Å². The summed E-state index contributed by atoms with van der Waals surface area (Å²) in [6.45, 7) is 1.97. The van der Waals surface area contributed by atoms with Gasteiger partial charge in [-0.15, -0.1) is 0 Å². The molecule has 2 aromatic carbocycles. The average molecular weight is 281 g/mol. The number of rotatable bonds is 3. The van der Waals surface area contributed by atoms with Crippen LogP contribution in [0.5, 0.6) is 11.5 Å². The van der Waals surface area contributed by atoms with Crippen molar-refractivity contribution in [1.82, 2.24) is 9.97 Å². The number of aromatic hydroxyl groups is 1. The molecule has 0 radical (unpaired) electrons. The van der Waals surface area contributed by atoms with Crippen LogP contribution in [-0.2, 0) is 0 Å². The smallest absolute Gasteiger partial charge is 0.141 e. The molecular weight excluding hydrogens is 266 g/mol. The summed E-state index contributed by atoms with van der Waals surface area (Å²) in [6.07, 6.45) is 1.48. The largest absolute Gasteiger partial charge is 0.506 e. The number of nitrogens with one attached hydrogen (secondary N) is 1. The number of aromatic nitrogens is 2. The minimum atomic E-state index is 0.181. The van der Waals surface area contributed by atoms with E-state index in [4.69, 9.17) is 4.74 Å². The first-order valence-corrected chi connectivity index (χ1v) is 6.53. The molecule has 106 valence electrons. The lowest BCUT2D eigenvalue weighted by molar-refractivity contribution is 0.415. The van der Waals surface area contributed by atoms with Crippen LogP contribution in [-0.4, -0.2) is 22.2 Å². The van der Waals surface area contributed by atoms with Gasteiger partial charge in [0.15, 0.2) is 0 Å². The molecule has 0 atom stereocenters. The Bertz CT molecular complexity index is 803. The number of benzene rings is 2. The van der Waals surface area contributed by atoms with Crippen LogP contribution in [0.3, 0.4) is 0 Å². The molecule has 0 unspecified atom stereocenters. The molecule has 0 aliphatic carbocycles. The van der Waals surface area contributed by atoms with Gasteiger partial charge in [-0.1, -0.05) is 6.07 Å². The fourth-order valence-corrected chi connectivity index (χ4v) is 2.14. The predicted octanol–water partition coefficient (Wildman–Crippen LogP) is 3.40. The summed E-state index contributed by atoms with van der Waals surface area (Å²) >= 11 is 0. The highest BCUT2D eigenvalue weighted by molar-refractivity contribution is 5.91. The number of hydrogen-bond acceptors (Lipinski definition) is 5. The number of methoxy groups -OCH3 is 1. The SMILES string of the molecule is COc1ccc2c(Nc3cc(C)ccc3O)ncnc2c1. The minimum Gasteiger partial charge on any atom is -0.506 e. The zero-order valence-electron chi connectivity index (χ0n) is 11.8. The van der Waals surface area contributed by atoms with Gasteiger partial charge in [0.25, 0.3) is 0 Å². The molecule has 3 rings (SSSR count). The molecule has 0 saturated heterocycles. The van der Waals surface area contributed by atoms with Crippen molar-refractivity contribution in [3.63, 3.8) is 0 Å². The highest BCUT2D eigenvalue weighted by Crippen LogP contribution is 2.30. The van der Waals surface area contributed by atoms with Crippen LogP contribution in [0.1, 0.15) is 5.56 Å². The Kier molecular flexibility index (Phi) is 3.31. The van der Waals surface area contributed by atoms with Crippen LogP contribution >= 0.6 is 0 Å². The number of nitrogens with zero attached hydrogens (tertiary/aromatic N) is 2. The second kappa shape index (κ2) is 5.28. The highest BCUT2D eigenvalue weighted by Gasteiger charge is 2.08. The molecular formula is C16H15N3O2. The van der Waals surface area contributed by atoms with Crippen molar-refractivity contribution >= 4 is 22.4 Å². The van der Waals surface area contributed by atoms with E-state index in [1.54, 1.807) is 13.2 Å². The van der Waals surface area contributed by atoms with Crippen LogP contribution < -0.4 is 10.1 Å². The Morgan fingerprint density at radius 1 is 1.10 bits per heavy atom. The lowest BCUT2D eigenvalue weighted by Gasteiger charge is -2.11. The molecule has 0 saturated carbocycles. The van der Waals surface area contributed by atoms with E-state index in [0.29, 0.717) is 11.5 Å². The van der Waals surface area contributed by atoms with Crippen LogP contribution in [0.4, 0.5) is 11.5 Å². The third kappa shape index (κ3) is 2.58. The fraction of sp³-hybridized carbons (Fsp3) is 0.125. The quantitative estimate of drug-likeness (QED) is 0.720. The Hall–Kier alpha value is -2.82. The highest BCUT2D eigenvalue weighted by atomic mass is 16.5. The summed E-state index contributed by atoms with van der Waals surface area (Å²) in [4.78, 5) is 8.49. The van der Waals surface area contributed by atoms with Crippen LogP contribution in [0.2, 0.25) is 0 Å². The maximum atomic E-state index is 9.92. The van der Waals surface area contributed by atoms with Gasteiger partial charge >= 0.3 is 0 Å². The van der Waals surface area contributed by atoms with Crippen molar-refractivity contribution in [2.45, 2.75) is 6.92 Å². The van der Waals surface area contributed by atoms with E-state index in [1.165, 1.54) is 6.33 Å². The van der Waals surface area contributed by atoms with E-state index in [-0.39, 0.29) is 5.75 Å². The monoisotopic (exact) mass is 281 g/mol. The lowest BCUT2D eigenvalue weighted by atomic mass is 10.2. The normalized spacial score (nSPS) is 10.6. The first kappa shape index (κ1) is 13.2. The number of phenols is 1. The zero-order chi connectivity index (χ0) is 14.8.